The third-order valence-corrected chi connectivity index (χ3v) is 12.5. The molecule has 1 unspecified atom stereocenters. The van der Waals surface area contributed by atoms with E-state index in [1.165, 1.54) is 6.07 Å². The van der Waals surface area contributed by atoms with Crippen molar-refractivity contribution in [2.75, 3.05) is 0 Å². The molecular formula is C32H30F6OP+. The van der Waals surface area contributed by atoms with Crippen LogP contribution in [0.2, 0.25) is 0 Å². The van der Waals surface area contributed by atoms with Crippen LogP contribution >= 0.6 is 7.26 Å². The van der Waals surface area contributed by atoms with Crippen LogP contribution < -0.4 is 15.9 Å². The molecule has 0 saturated carbocycles. The Morgan fingerprint density at radius 2 is 1.05 bits per heavy atom. The average molecular weight is 576 g/mol. The predicted molar refractivity (Wildman–Crippen MR) is 150 cm³/mol. The van der Waals surface area contributed by atoms with Crippen LogP contribution in [0, 0.1) is 6.92 Å². The minimum atomic E-state index is -5.93. The molecule has 4 aromatic rings. The lowest BCUT2D eigenvalue weighted by Gasteiger charge is -2.34. The van der Waals surface area contributed by atoms with Gasteiger partial charge in [0.2, 0.25) is 0 Å². The highest BCUT2D eigenvalue weighted by molar-refractivity contribution is 7.96. The fourth-order valence-electron chi connectivity index (χ4n) is 5.41. The van der Waals surface area contributed by atoms with Gasteiger partial charge in [0.25, 0.3) is 5.60 Å². The zero-order valence-corrected chi connectivity index (χ0v) is 22.9. The molecule has 8 heteroatoms. The molecule has 1 N–H and O–H groups in total. The lowest BCUT2D eigenvalue weighted by molar-refractivity contribution is -0.376. The first-order valence-corrected chi connectivity index (χ1v) is 14.7. The zero-order valence-electron chi connectivity index (χ0n) is 22.0. The topological polar surface area (TPSA) is 20.2 Å². The van der Waals surface area contributed by atoms with E-state index < -0.39 is 30.8 Å². The van der Waals surface area contributed by atoms with Crippen LogP contribution in [-0.2, 0) is 12.0 Å². The van der Waals surface area contributed by atoms with E-state index in [-0.39, 0.29) is 12.1 Å². The van der Waals surface area contributed by atoms with Gasteiger partial charge in [-0.15, -0.1) is 0 Å². The molecule has 210 valence electrons. The van der Waals surface area contributed by atoms with Gasteiger partial charge >= 0.3 is 12.4 Å². The molecule has 0 spiro atoms. The maximum Gasteiger partial charge on any atom is 0.430 e. The van der Waals surface area contributed by atoms with Gasteiger partial charge in [0.15, 0.2) is 0 Å². The van der Waals surface area contributed by atoms with Gasteiger partial charge in [-0.1, -0.05) is 72.8 Å². The van der Waals surface area contributed by atoms with E-state index in [9.17, 15) is 31.4 Å². The summed E-state index contributed by atoms with van der Waals surface area (Å²) in [6, 6.07) is 33.0. The quantitative estimate of drug-likeness (QED) is 0.169. The summed E-state index contributed by atoms with van der Waals surface area (Å²) in [5.41, 5.74) is -5.31. The van der Waals surface area contributed by atoms with Gasteiger partial charge in [0.05, 0.1) is 5.66 Å². The number of halogens is 6. The van der Waals surface area contributed by atoms with E-state index >= 15 is 0 Å². The number of aliphatic hydroxyl groups is 1. The van der Waals surface area contributed by atoms with E-state index in [0.717, 1.165) is 22.0 Å². The van der Waals surface area contributed by atoms with Crippen molar-refractivity contribution in [1.82, 2.24) is 0 Å². The first kappa shape index (κ1) is 29.8. The molecule has 0 saturated heterocycles. The molecule has 0 radical (unpaired) electrons. The Bertz CT molecular complexity index is 1290. The smallest absolute Gasteiger partial charge is 0.369 e. The van der Waals surface area contributed by atoms with Crippen molar-refractivity contribution >= 4 is 23.2 Å². The van der Waals surface area contributed by atoms with Crippen LogP contribution in [0.15, 0.2) is 109 Å². The second-order valence-electron chi connectivity index (χ2n) is 9.96. The molecule has 0 aliphatic rings. The van der Waals surface area contributed by atoms with Crippen molar-refractivity contribution in [3.05, 3.63) is 126 Å². The third kappa shape index (κ3) is 5.29. The molecule has 0 aliphatic heterocycles. The molecule has 0 aromatic heterocycles. The minimum absolute atomic E-state index is 0.0214. The Labute approximate surface area is 230 Å². The second kappa shape index (κ2) is 11.4. The Hall–Kier alpha value is -3.15. The highest BCUT2D eigenvalue weighted by Gasteiger charge is 2.71. The zero-order chi connectivity index (χ0) is 29.2. The highest BCUT2D eigenvalue weighted by Crippen LogP contribution is 2.61. The number of hydrogen-bond acceptors (Lipinski definition) is 1. The van der Waals surface area contributed by atoms with Crippen LogP contribution in [0.4, 0.5) is 26.3 Å². The van der Waals surface area contributed by atoms with Crippen molar-refractivity contribution in [2.45, 2.75) is 50.3 Å². The number of rotatable bonds is 8. The SMILES string of the molecule is Cc1ccc(C(O)(C(F)(F)F)C(F)(F)F)cc1CCC(C)[P+](c1ccccc1)(c1ccccc1)c1ccccc1. The van der Waals surface area contributed by atoms with E-state index in [1.807, 2.05) is 54.6 Å². The van der Waals surface area contributed by atoms with E-state index in [2.05, 4.69) is 43.3 Å². The van der Waals surface area contributed by atoms with Crippen LogP contribution in [-0.4, -0.2) is 23.1 Å². The van der Waals surface area contributed by atoms with Crippen molar-refractivity contribution < 1.29 is 31.4 Å². The molecule has 1 nitrogen and oxygen atoms in total. The molecule has 4 aromatic carbocycles. The Balaban J connectivity index is 1.80. The molecule has 1 atom stereocenters. The Morgan fingerprint density at radius 3 is 1.43 bits per heavy atom. The molecular weight excluding hydrogens is 545 g/mol. The van der Waals surface area contributed by atoms with Gasteiger partial charge in [-0.2, -0.15) is 26.3 Å². The number of alkyl halides is 6. The van der Waals surface area contributed by atoms with E-state index in [0.29, 0.717) is 23.6 Å². The van der Waals surface area contributed by atoms with E-state index in [4.69, 9.17) is 0 Å². The largest absolute Gasteiger partial charge is 0.430 e. The predicted octanol–water partition coefficient (Wildman–Crippen LogP) is 7.62. The summed E-state index contributed by atoms with van der Waals surface area (Å²) in [5.74, 6) is 0. The molecule has 0 bridgehead atoms. The van der Waals surface area contributed by atoms with Gasteiger partial charge in [0.1, 0.15) is 23.2 Å². The fourth-order valence-corrected chi connectivity index (χ4v) is 10.3. The minimum Gasteiger partial charge on any atom is -0.369 e. The monoisotopic (exact) mass is 575 g/mol. The lowest BCUT2D eigenvalue weighted by Crippen LogP contribution is -2.54. The van der Waals surface area contributed by atoms with Gasteiger partial charge in [-0.05, 0) is 74.2 Å². The molecule has 40 heavy (non-hydrogen) atoms. The summed E-state index contributed by atoms with van der Waals surface area (Å²) in [4.78, 5) is 0. The van der Waals surface area contributed by atoms with Crippen LogP contribution in [0.3, 0.4) is 0 Å². The molecule has 0 heterocycles. The van der Waals surface area contributed by atoms with Crippen molar-refractivity contribution in [3.8, 4) is 0 Å². The van der Waals surface area contributed by atoms with Gasteiger partial charge in [0, 0.05) is 5.56 Å². The number of aryl methyl sites for hydroxylation is 2. The lowest BCUT2D eigenvalue weighted by atomic mass is 9.88. The second-order valence-corrected chi connectivity index (χ2v) is 13.8. The Morgan fingerprint density at radius 1 is 0.650 bits per heavy atom. The fraction of sp³-hybridized carbons (Fsp3) is 0.250. The molecule has 0 aliphatic carbocycles. The highest BCUT2D eigenvalue weighted by atomic mass is 31.2. The third-order valence-electron chi connectivity index (χ3n) is 7.57. The molecule has 0 amide bonds. The van der Waals surface area contributed by atoms with Crippen molar-refractivity contribution in [2.24, 2.45) is 0 Å². The van der Waals surface area contributed by atoms with Gasteiger partial charge in [-0.25, -0.2) is 0 Å². The molecule has 0 fully saturated rings. The van der Waals surface area contributed by atoms with Crippen molar-refractivity contribution in [3.63, 3.8) is 0 Å². The standard InChI is InChI=1S/C32H30F6OP/c1-23-18-21-26(30(39,31(33,34)35)32(36,37)38)22-25(23)20-19-24(2)40(27-12-6-3-7-13-27,28-14-8-4-9-15-28)29-16-10-5-11-17-29/h3-18,21-22,24,39H,19-20H2,1-2H3/q+1. The van der Waals surface area contributed by atoms with Crippen molar-refractivity contribution in [1.29, 1.82) is 0 Å². The first-order chi connectivity index (χ1) is 18.8. The maximum absolute atomic E-state index is 13.6. The van der Waals surface area contributed by atoms with Gasteiger partial charge < -0.3 is 5.11 Å². The normalized spacial score (nSPS) is 13.7. The number of benzene rings is 4. The first-order valence-electron chi connectivity index (χ1n) is 12.8. The molecule has 4 rings (SSSR count). The van der Waals surface area contributed by atoms with Gasteiger partial charge in [-0.3, -0.25) is 0 Å². The summed E-state index contributed by atoms with van der Waals surface area (Å²) in [7, 11) is -2.30. The average Bonchev–Trinajstić information content (AvgIpc) is 2.93. The van der Waals surface area contributed by atoms with Crippen LogP contribution in [0.25, 0.3) is 0 Å². The van der Waals surface area contributed by atoms with Crippen LogP contribution in [0.5, 0.6) is 0 Å². The van der Waals surface area contributed by atoms with E-state index in [1.54, 1.807) is 6.92 Å². The summed E-state index contributed by atoms with van der Waals surface area (Å²) in [6.07, 6.45) is -11.1. The summed E-state index contributed by atoms with van der Waals surface area (Å²) in [5, 5.41) is 13.4. The van der Waals surface area contributed by atoms with Crippen LogP contribution in [0.1, 0.15) is 30.0 Å². The number of hydrogen-bond donors (Lipinski definition) is 1. The Kier molecular flexibility index (Phi) is 8.49. The maximum atomic E-state index is 13.6. The summed E-state index contributed by atoms with van der Waals surface area (Å²) in [6.45, 7) is 3.75. The summed E-state index contributed by atoms with van der Waals surface area (Å²) >= 11 is 0. The summed E-state index contributed by atoms with van der Waals surface area (Å²) < 4.78 is 81.5.